The molecule has 0 aliphatic heterocycles. The third-order valence-corrected chi connectivity index (χ3v) is 4.71. The van der Waals surface area contributed by atoms with Crippen LogP contribution in [0.25, 0.3) is 0 Å². The first-order valence-electron chi connectivity index (χ1n) is 7.85. The van der Waals surface area contributed by atoms with E-state index in [1.54, 1.807) is 0 Å². The Bertz CT molecular complexity index is 394. The summed E-state index contributed by atoms with van der Waals surface area (Å²) < 4.78 is 0. The maximum absolute atomic E-state index is 3.77. The fourth-order valence-corrected chi connectivity index (χ4v) is 3.29. The van der Waals surface area contributed by atoms with Crippen molar-refractivity contribution < 1.29 is 0 Å². The van der Waals surface area contributed by atoms with Crippen LogP contribution in [0.2, 0.25) is 0 Å². The van der Waals surface area contributed by atoms with E-state index in [2.05, 4.69) is 57.3 Å². The van der Waals surface area contributed by atoms with E-state index in [-0.39, 0.29) is 0 Å². The zero-order valence-electron chi connectivity index (χ0n) is 13.0. The fourth-order valence-electron chi connectivity index (χ4n) is 3.29. The lowest BCUT2D eigenvalue weighted by Gasteiger charge is -2.37. The van der Waals surface area contributed by atoms with Gasteiger partial charge in [-0.15, -0.1) is 0 Å². The molecule has 1 aromatic carbocycles. The molecule has 1 N–H and O–H groups in total. The minimum atomic E-state index is 0.478. The number of hydrogen-bond donors (Lipinski definition) is 1. The van der Waals surface area contributed by atoms with Gasteiger partial charge in [-0.05, 0) is 55.1 Å². The molecule has 0 unspecified atom stereocenters. The van der Waals surface area contributed by atoms with Crippen LogP contribution >= 0.6 is 0 Å². The molecule has 0 radical (unpaired) electrons. The van der Waals surface area contributed by atoms with Gasteiger partial charge >= 0.3 is 0 Å². The molecule has 2 rings (SSSR count). The van der Waals surface area contributed by atoms with Gasteiger partial charge < -0.3 is 5.32 Å². The van der Waals surface area contributed by atoms with Crippen molar-refractivity contribution in [3.63, 3.8) is 0 Å². The van der Waals surface area contributed by atoms with Gasteiger partial charge in [0.15, 0.2) is 0 Å². The average Bonchev–Trinajstić information content (AvgIpc) is 2.39. The standard InChI is InChI=1S/C18H29N/c1-5-14-8-6-7-9-17(14)19-16-12-10-15(11-13-16)18(2,3)4/h6-9,15-16,19H,5,10-13H2,1-4H3. The molecule has 0 aromatic heterocycles. The number of anilines is 1. The maximum Gasteiger partial charge on any atom is 0.0374 e. The first-order valence-corrected chi connectivity index (χ1v) is 7.85. The average molecular weight is 259 g/mol. The topological polar surface area (TPSA) is 12.0 Å². The Hall–Kier alpha value is -0.980. The van der Waals surface area contributed by atoms with E-state index < -0.39 is 0 Å². The number of aryl methyl sites for hydroxylation is 1. The number of benzene rings is 1. The first-order chi connectivity index (χ1) is 9.00. The van der Waals surface area contributed by atoms with E-state index in [9.17, 15) is 0 Å². The van der Waals surface area contributed by atoms with Crippen LogP contribution in [0.4, 0.5) is 5.69 Å². The van der Waals surface area contributed by atoms with Gasteiger partial charge in [0.1, 0.15) is 0 Å². The summed E-state index contributed by atoms with van der Waals surface area (Å²) in [5.41, 5.74) is 3.27. The second-order valence-electron chi connectivity index (χ2n) is 7.07. The van der Waals surface area contributed by atoms with Gasteiger partial charge in [-0.25, -0.2) is 0 Å². The van der Waals surface area contributed by atoms with Gasteiger partial charge in [0.25, 0.3) is 0 Å². The predicted molar refractivity (Wildman–Crippen MR) is 84.6 cm³/mol. The first kappa shape index (κ1) is 14.4. The van der Waals surface area contributed by atoms with Gasteiger partial charge in [0.05, 0.1) is 0 Å². The van der Waals surface area contributed by atoms with Crippen LogP contribution in [0.15, 0.2) is 24.3 Å². The highest BCUT2D eigenvalue weighted by molar-refractivity contribution is 5.51. The Morgan fingerprint density at radius 3 is 2.26 bits per heavy atom. The summed E-state index contributed by atoms with van der Waals surface area (Å²) in [6, 6.07) is 9.42. The molecule has 0 heterocycles. The molecule has 0 spiro atoms. The van der Waals surface area contributed by atoms with Crippen LogP contribution in [-0.4, -0.2) is 6.04 Å². The minimum Gasteiger partial charge on any atom is -0.382 e. The summed E-state index contributed by atoms with van der Waals surface area (Å²) >= 11 is 0. The highest BCUT2D eigenvalue weighted by Gasteiger charge is 2.29. The molecule has 0 amide bonds. The largest absolute Gasteiger partial charge is 0.382 e. The van der Waals surface area contributed by atoms with Crippen molar-refractivity contribution in [2.45, 2.75) is 65.8 Å². The van der Waals surface area contributed by atoms with E-state index >= 15 is 0 Å². The van der Waals surface area contributed by atoms with Gasteiger partial charge in [-0.2, -0.15) is 0 Å². The molecule has 0 atom stereocenters. The minimum absolute atomic E-state index is 0.478. The predicted octanol–water partition coefficient (Wildman–Crippen LogP) is 5.27. The van der Waals surface area contributed by atoms with Crippen molar-refractivity contribution in [3.8, 4) is 0 Å². The summed E-state index contributed by atoms with van der Waals surface area (Å²) in [5, 5.41) is 3.77. The molecule has 0 bridgehead atoms. The highest BCUT2D eigenvalue weighted by Crippen LogP contribution is 2.38. The fraction of sp³-hybridized carbons (Fsp3) is 0.667. The molecule has 1 aromatic rings. The number of nitrogens with one attached hydrogen (secondary N) is 1. The molecule has 1 heteroatoms. The molecule has 19 heavy (non-hydrogen) atoms. The Morgan fingerprint density at radius 1 is 1.05 bits per heavy atom. The lowest BCUT2D eigenvalue weighted by molar-refractivity contribution is 0.173. The van der Waals surface area contributed by atoms with Gasteiger partial charge in [-0.1, -0.05) is 45.9 Å². The number of hydrogen-bond acceptors (Lipinski definition) is 1. The third-order valence-electron chi connectivity index (χ3n) is 4.71. The summed E-state index contributed by atoms with van der Waals surface area (Å²) in [6.07, 6.45) is 6.49. The molecule has 1 aliphatic carbocycles. The van der Waals surface area contributed by atoms with Gasteiger partial charge in [-0.3, -0.25) is 0 Å². The summed E-state index contributed by atoms with van der Waals surface area (Å²) in [4.78, 5) is 0. The summed E-state index contributed by atoms with van der Waals surface area (Å²) in [7, 11) is 0. The van der Waals surface area contributed by atoms with Crippen molar-refractivity contribution in [3.05, 3.63) is 29.8 Å². The van der Waals surface area contributed by atoms with Gasteiger partial charge in [0.2, 0.25) is 0 Å². The van der Waals surface area contributed by atoms with E-state index in [1.165, 1.54) is 36.9 Å². The van der Waals surface area contributed by atoms with E-state index in [0.717, 1.165) is 12.3 Å². The summed E-state index contributed by atoms with van der Waals surface area (Å²) in [5.74, 6) is 0.895. The molecule has 1 fully saturated rings. The Morgan fingerprint density at radius 2 is 1.68 bits per heavy atom. The van der Waals surface area contributed by atoms with Crippen LogP contribution < -0.4 is 5.32 Å². The van der Waals surface area contributed by atoms with Gasteiger partial charge in [0, 0.05) is 11.7 Å². The molecule has 0 saturated heterocycles. The maximum atomic E-state index is 3.77. The van der Waals surface area contributed by atoms with Crippen LogP contribution in [0.1, 0.15) is 58.9 Å². The van der Waals surface area contributed by atoms with Crippen LogP contribution in [0, 0.1) is 11.3 Å². The molecule has 106 valence electrons. The monoisotopic (exact) mass is 259 g/mol. The molecular formula is C18H29N. The normalized spacial score (nSPS) is 24.2. The molecule has 1 saturated carbocycles. The van der Waals surface area contributed by atoms with Crippen molar-refractivity contribution in [2.24, 2.45) is 11.3 Å². The Kier molecular flexibility index (Phi) is 4.54. The van der Waals surface area contributed by atoms with E-state index in [0.29, 0.717) is 11.5 Å². The molecule has 1 aliphatic rings. The Labute approximate surface area is 118 Å². The lowest BCUT2D eigenvalue weighted by Crippen LogP contribution is -2.31. The summed E-state index contributed by atoms with van der Waals surface area (Å²) in [6.45, 7) is 9.39. The van der Waals surface area contributed by atoms with E-state index in [1.807, 2.05) is 0 Å². The van der Waals surface area contributed by atoms with E-state index in [4.69, 9.17) is 0 Å². The molecule has 1 nitrogen and oxygen atoms in total. The zero-order valence-corrected chi connectivity index (χ0v) is 13.0. The smallest absolute Gasteiger partial charge is 0.0374 e. The van der Waals surface area contributed by atoms with Crippen molar-refractivity contribution in [1.82, 2.24) is 0 Å². The second kappa shape index (κ2) is 5.98. The van der Waals surface area contributed by atoms with Crippen LogP contribution in [-0.2, 0) is 6.42 Å². The Balaban J connectivity index is 1.92. The third kappa shape index (κ3) is 3.75. The zero-order chi connectivity index (χ0) is 13.9. The van der Waals surface area contributed by atoms with Crippen molar-refractivity contribution in [2.75, 3.05) is 5.32 Å². The SMILES string of the molecule is CCc1ccccc1NC1CCC(C(C)(C)C)CC1. The highest BCUT2D eigenvalue weighted by atomic mass is 14.9. The van der Waals surface area contributed by atoms with Crippen LogP contribution in [0.3, 0.4) is 0 Å². The van der Waals surface area contributed by atoms with Crippen molar-refractivity contribution in [1.29, 1.82) is 0 Å². The quantitative estimate of drug-likeness (QED) is 0.780. The lowest BCUT2D eigenvalue weighted by atomic mass is 9.71. The van der Waals surface area contributed by atoms with Crippen LogP contribution in [0.5, 0.6) is 0 Å². The number of para-hydroxylation sites is 1. The molecular weight excluding hydrogens is 230 g/mol. The van der Waals surface area contributed by atoms with Crippen molar-refractivity contribution >= 4 is 5.69 Å². The number of rotatable bonds is 3. The second-order valence-corrected chi connectivity index (χ2v) is 7.07.